The molecule has 2 nitrogen and oxygen atoms in total. The molecule has 0 heterocycles. The second-order valence-corrected chi connectivity index (χ2v) is 6.18. The predicted molar refractivity (Wildman–Crippen MR) is 83.1 cm³/mol. The van der Waals surface area contributed by atoms with E-state index in [0.717, 1.165) is 25.7 Å². The summed E-state index contributed by atoms with van der Waals surface area (Å²) in [6, 6.07) is 0. The zero-order chi connectivity index (χ0) is 14.5. The minimum absolute atomic E-state index is 0.0190. The third-order valence-corrected chi connectivity index (χ3v) is 4.49. The zero-order valence-electron chi connectivity index (χ0n) is 12.3. The molecule has 0 radical (unpaired) electrons. The van der Waals surface area contributed by atoms with E-state index in [0.29, 0.717) is 6.42 Å². The maximum atomic E-state index is 11.0. The second kappa shape index (κ2) is 13.1. The van der Waals surface area contributed by atoms with Gasteiger partial charge in [-0.05, 0) is 19.3 Å². The number of esters is 1. The summed E-state index contributed by atoms with van der Waals surface area (Å²) in [6.45, 7) is 2.22. The topological polar surface area (TPSA) is 26.3 Å². The molecule has 2 atom stereocenters. The Hall–Kier alpha value is 0.0500. The Morgan fingerprint density at radius 1 is 0.947 bits per heavy atom. The minimum Gasteiger partial charge on any atom is -0.469 e. The van der Waals surface area contributed by atoms with Crippen molar-refractivity contribution >= 4 is 29.2 Å². The van der Waals surface area contributed by atoms with Crippen LogP contribution in [0.5, 0.6) is 0 Å². The van der Waals surface area contributed by atoms with E-state index in [1.807, 2.05) is 0 Å². The number of hydrogen-bond acceptors (Lipinski definition) is 2. The van der Waals surface area contributed by atoms with Crippen LogP contribution in [0.1, 0.15) is 71.1 Å². The molecule has 0 aliphatic rings. The molecule has 0 aliphatic heterocycles. The van der Waals surface area contributed by atoms with Crippen LogP contribution in [0, 0.1) is 0 Å². The van der Waals surface area contributed by atoms with Crippen molar-refractivity contribution in [1.82, 2.24) is 0 Å². The van der Waals surface area contributed by atoms with Gasteiger partial charge in [-0.15, -0.1) is 23.2 Å². The predicted octanol–water partition coefficient (Wildman–Crippen LogP) is 5.30. The number of rotatable bonds is 12. The molecule has 0 fully saturated rings. The van der Waals surface area contributed by atoms with Gasteiger partial charge >= 0.3 is 5.97 Å². The summed E-state index contributed by atoms with van der Waals surface area (Å²) >= 11 is 12.5. The minimum atomic E-state index is -0.175. The second-order valence-electron chi connectivity index (χ2n) is 5.06. The highest BCUT2D eigenvalue weighted by atomic mass is 35.5. The van der Waals surface area contributed by atoms with Crippen LogP contribution >= 0.6 is 23.2 Å². The fourth-order valence-electron chi connectivity index (χ4n) is 2.02. The molecule has 0 aliphatic carbocycles. The summed E-state index contributed by atoms with van der Waals surface area (Å²) in [7, 11) is 1.41. The standard InChI is InChI=1S/C15H28Cl2O2/c1-3-4-5-6-7-8-10-13(16)14(17)11-9-12-15(18)19-2/h13-14H,3-12H2,1-2H3/t13-,14-/m1/s1. The van der Waals surface area contributed by atoms with E-state index in [4.69, 9.17) is 23.2 Å². The van der Waals surface area contributed by atoms with Crippen LogP contribution in [0.4, 0.5) is 0 Å². The van der Waals surface area contributed by atoms with Crippen LogP contribution < -0.4 is 0 Å². The number of ether oxygens (including phenoxy) is 1. The highest BCUT2D eigenvalue weighted by molar-refractivity contribution is 6.29. The van der Waals surface area contributed by atoms with Gasteiger partial charge in [0.05, 0.1) is 7.11 Å². The van der Waals surface area contributed by atoms with E-state index < -0.39 is 0 Å². The van der Waals surface area contributed by atoms with Gasteiger partial charge in [0.25, 0.3) is 0 Å². The van der Waals surface area contributed by atoms with Crippen molar-refractivity contribution in [3.8, 4) is 0 Å². The first kappa shape index (κ1) is 19.1. The highest BCUT2D eigenvalue weighted by Gasteiger charge is 2.16. The summed E-state index contributed by atoms with van der Waals surface area (Å²) in [5.74, 6) is -0.175. The number of unbranched alkanes of at least 4 members (excludes halogenated alkanes) is 5. The Labute approximate surface area is 128 Å². The highest BCUT2D eigenvalue weighted by Crippen LogP contribution is 2.22. The summed E-state index contributed by atoms with van der Waals surface area (Å²) in [6.07, 6.45) is 10.6. The average Bonchev–Trinajstić information content (AvgIpc) is 2.41. The van der Waals surface area contributed by atoms with E-state index in [1.165, 1.54) is 39.2 Å². The summed E-state index contributed by atoms with van der Waals surface area (Å²) in [4.78, 5) is 11.0. The van der Waals surface area contributed by atoms with Gasteiger partial charge in [-0.3, -0.25) is 4.79 Å². The molecule has 0 rings (SSSR count). The third-order valence-electron chi connectivity index (χ3n) is 3.31. The van der Waals surface area contributed by atoms with Crippen LogP contribution in [0.15, 0.2) is 0 Å². The molecule has 4 heteroatoms. The van der Waals surface area contributed by atoms with Crippen molar-refractivity contribution in [3.63, 3.8) is 0 Å². The van der Waals surface area contributed by atoms with Crippen LogP contribution in [-0.4, -0.2) is 23.8 Å². The first-order chi connectivity index (χ1) is 9.11. The van der Waals surface area contributed by atoms with Crippen molar-refractivity contribution < 1.29 is 9.53 Å². The van der Waals surface area contributed by atoms with Gasteiger partial charge in [0, 0.05) is 17.2 Å². The maximum absolute atomic E-state index is 11.0. The number of carbonyl (C=O) groups is 1. The van der Waals surface area contributed by atoms with Gasteiger partial charge in [0.15, 0.2) is 0 Å². The van der Waals surface area contributed by atoms with Crippen LogP contribution in [-0.2, 0) is 9.53 Å². The lowest BCUT2D eigenvalue weighted by molar-refractivity contribution is -0.140. The molecule has 0 spiro atoms. The smallest absolute Gasteiger partial charge is 0.305 e. The monoisotopic (exact) mass is 310 g/mol. The summed E-state index contributed by atoms with van der Waals surface area (Å²) < 4.78 is 4.59. The molecule has 0 bridgehead atoms. The van der Waals surface area contributed by atoms with Gasteiger partial charge in [0.1, 0.15) is 0 Å². The fourth-order valence-corrected chi connectivity index (χ4v) is 2.59. The molecule has 0 amide bonds. The lowest BCUT2D eigenvalue weighted by Crippen LogP contribution is -2.15. The van der Waals surface area contributed by atoms with Crippen molar-refractivity contribution in [2.24, 2.45) is 0 Å². The molecular formula is C15H28Cl2O2. The van der Waals surface area contributed by atoms with E-state index in [2.05, 4.69) is 11.7 Å². The molecular weight excluding hydrogens is 283 g/mol. The van der Waals surface area contributed by atoms with E-state index in [9.17, 15) is 4.79 Å². The van der Waals surface area contributed by atoms with E-state index in [1.54, 1.807) is 0 Å². The number of methoxy groups -OCH3 is 1. The van der Waals surface area contributed by atoms with E-state index in [-0.39, 0.29) is 16.7 Å². The Morgan fingerprint density at radius 2 is 1.47 bits per heavy atom. The Bertz CT molecular complexity index is 222. The Balaban J connectivity index is 3.48. The summed E-state index contributed by atoms with van der Waals surface area (Å²) in [5.41, 5.74) is 0. The zero-order valence-corrected chi connectivity index (χ0v) is 13.8. The van der Waals surface area contributed by atoms with Gasteiger partial charge < -0.3 is 4.74 Å². The third kappa shape index (κ3) is 11.6. The Morgan fingerprint density at radius 3 is 2.05 bits per heavy atom. The van der Waals surface area contributed by atoms with Crippen LogP contribution in [0.3, 0.4) is 0 Å². The fraction of sp³-hybridized carbons (Fsp3) is 0.933. The molecule has 114 valence electrons. The quantitative estimate of drug-likeness (QED) is 0.278. The number of halogens is 2. The maximum Gasteiger partial charge on any atom is 0.305 e. The Kier molecular flexibility index (Phi) is 13.1. The number of hydrogen-bond donors (Lipinski definition) is 0. The normalized spacial score (nSPS) is 14.1. The molecule has 0 aromatic heterocycles. The van der Waals surface area contributed by atoms with Crippen LogP contribution in [0.25, 0.3) is 0 Å². The molecule has 0 aromatic rings. The van der Waals surface area contributed by atoms with Crippen molar-refractivity contribution in [2.45, 2.75) is 81.9 Å². The molecule has 0 unspecified atom stereocenters. The first-order valence-corrected chi connectivity index (χ1v) is 8.34. The van der Waals surface area contributed by atoms with Gasteiger partial charge in [0.2, 0.25) is 0 Å². The SMILES string of the molecule is CCCCCCCC[C@@H](Cl)[C@H](Cl)CCCC(=O)OC. The molecule has 0 saturated carbocycles. The van der Waals surface area contributed by atoms with Crippen molar-refractivity contribution in [3.05, 3.63) is 0 Å². The van der Waals surface area contributed by atoms with Crippen LogP contribution in [0.2, 0.25) is 0 Å². The van der Waals surface area contributed by atoms with Crippen molar-refractivity contribution in [2.75, 3.05) is 7.11 Å². The largest absolute Gasteiger partial charge is 0.469 e. The molecule has 0 saturated heterocycles. The van der Waals surface area contributed by atoms with Crippen molar-refractivity contribution in [1.29, 1.82) is 0 Å². The average molecular weight is 311 g/mol. The summed E-state index contributed by atoms with van der Waals surface area (Å²) in [5, 5.41) is -0.0209. The lowest BCUT2D eigenvalue weighted by atomic mass is 10.0. The molecule has 19 heavy (non-hydrogen) atoms. The molecule has 0 N–H and O–H groups in total. The lowest BCUT2D eigenvalue weighted by Gasteiger charge is -2.15. The first-order valence-electron chi connectivity index (χ1n) is 7.46. The van der Waals surface area contributed by atoms with Gasteiger partial charge in [-0.25, -0.2) is 0 Å². The number of carbonyl (C=O) groups excluding carboxylic acids is 1. The molecule has 0 aromatic carbocycles. The van der Waals surface area contributed by atoms with Gasteiger partial charge in [-0.1, -0.05) is 45.4 Å². The van der Waals surface area contributed by atoms with Gasteiger partial charge in [-0.2, -0.15) is 0 Å². The number of alkyl halides is 2. The van der Waals surface area contributed by atoms with E-state index >= 15 is 0 Å².